The largest absolute Gasteiger partial charge is 0.491 e. The topological polar surface area (TPSA) is 63.2 Å². The third-order valence-corrected chi connectivity index (χ3v) is 2.90. The first-order valence-corrected chi connectivity index (χ1v) is 7.30. The normalized spacial score (nSPS) is 10.3. The number of urea groups is 1. The molecule has 0 saturated carbocycles. The number of aromatic nitrogens is 1. The third kappa shape index (κ3) is 5.44. The van der Waals surface area contributed by atoms with E-state index in [1.807, 2.05) is 56.3 Å². The summed E-state index contributed by atoms with van der Waals surface area (Å²) in [6.45, 7) is 4.85. The maximum atomic E-state index is 11.7. The van der Waals surface area contributed by atoms with Crippen molar-refractivity contribution < 1.29 is 9.53 Å². The lowest BCUT2D eigenvalue weighted by atomic mass is 10.2. The monoisotopic (exact) mass is 299 g/mol. The molecule has 1 aromatic heterocycles. The highest BCUT2D eigenvalue weighted by Gasteiger charge is 2.02. The van der Waals surface area contributed by atoms with Crippen molar-refractivity contribution in [2.45, 2.75) is 33.0 Å². The Morgan fingerprint density at radius 2 is 1.82 bits per heavy atom. The number of amides is 2. The summed E-state index contributed by atoms with van der Waals surface area (Å²) in [5, 5.41) is 5.58. The fourth-order valence-electron chi connectivity index (χ4n) is 1.88. The first kappa shape index (κ1) is 15.8. The Bertz CT molecular complexity index is 583. The lowest BCUT2D eigenvalue weighted by molar-refractivity contribution is 0.240. The molecule has 2 aromatic rings. The predicted molar refractivity (Wildman–Crippen MR) is 85.5 cm³/mol. The molecule has 5 nitrogen and oxygen atoms in total. The summed E-state index contributed by atoms with van der Waals surface area (Å²) in [5.74, 6) is 0.832. The number of ether oxygens (including phenoxy) is 1. The molecule has 0 aliphatic carbocycles. The molecule has 2 N–H and O–H groups in total. The van der Waals surface area contributed by atoms with Gasteiger partial charge < -0.3 is 15.4 Å². The van der Waals surface area contributed by atoms with E-state index in [1.54, 1.807) is 6.20 Å². The van der Waals surface area contributed by atoms with Gasteiger partial charge in [0.2, 0.25) is 0 Å². The van der Waals surface area contributed by atoms with Gasteiger partial charge in [-0.05, 0) is 43.7 Å². The van der Waals surface area contributed by atoms with Gasteiger partial charge in [0.15, 0.2) is 0 Å². The van der Waals surface area contributed by atoms with Crippen LogP contribution < -0.4 is 15.4 Å². The van der Waals surface area contributed by atoms with E-state index in [2.05, 4.69) is 15.6 Å². The Morgan fingerprint density at radius 1 is 1.09 bits per heavy atom. The smallest absolute Gasteiger partial charge is 0.315 e. The van der Waals surface area contributed by atoms with E-state index in [1.165, 1.54) is 0 Å². The quantitative estimate of drug-likeness (QED) is 0.862. The summed E-state index contributed by atoms with van der Waals surface area (Å²) < 4.78 is 5.58. The number of rotatable bonds is 6. The summed E-state index contributed by atoms with van der Waals surface area (Å²) >= 11 is 0. The van der Waals surface area contributed by atoms with Crippen LogP contribution in [0, 0.1) is 0 Å². The van der Waals surface area contributed by atoms with Crippen molar-refractivity contribution in [2.24, 2.45) is 0 Å². The van der Waals surface area contributed by atoms with Gasteiger partial charge in [0.1, 0.15) is 5.75 Å². The van der Waals surface area contributed by atoms with E-state index in [9.17, 15) is 4.79 Å². The van der Waals surface area contributed by atoms with Crippen LogP contribution in [0.25, 0.3) is 0 Å². The van der Waals surface area contributed by atoms with Crippen molar-refractivity contribution >= 4 is 6.03 Å². The summed E-state index contributed by atoms with van der Waals surface area (Å²) in [6, 6.07) is 13.1. The molecule has 0 fully saturated rings. The van der Waals surface area contributed by atoms with E-state index >= 15 is 0 Å². The van der Waals surface area contributed by atoms with Gasteiger partial charge >= 0.3 is 6.03 Å². The Labute approximate surface area is 130 Å². The maximum Gasteiger partial charge on any atom is 0.315 e. The molecule has 0 atom stereocenters. The summed E-state index contributed by atoms with van der Waals surface area (Å²) in [5.41, 5.74) is 1.84. The third-order valence-electron chi connectivity index (χ3n) is 2.90. The predicted octanol–water partition coefficient (Wildman–Crippen LogP) is 2.87. The van der Waals surface area contributed by atoms with Gasteiger partial charge in [-0.2, -0.15) is 0 Å². The van der Waals surface area contributed by atoms with Gasteiger partial charge in [-0.25, -0.2) is 4.79 Å². The molecule has 0 saturated heterocycles. The molecule has 116 valence electrons. The van der Waals surface area contributed by atoms with Crippen LogP contribution in [0.1, 0.15) is 25.1 Å². The zero-order chi connectivity index (χ0) is 15.8. The lowest BCUT2D eigenvalue weighted by Crippen LogP contribution is -2.34. The Balaban J connectivity index is 1.74. The van der Waals surface area contributed by atoms with Gasteiger partial charge in [0.25, 0.3) is 0 Å². The number of hydrogen-bond donors (Lipinski definition) is 2. The molecule has 1 heterocycles. The number of carbonyl (C=O) groups is 1. The van der Waals surface area contributed by atoms with Crippen molar-refractivity contribution in [1.29, 1.82) is 0 Å². The van der Waals surface area contributed by atoms with E-state index in [0.717, 1.165) is 17.0 Å². The van der Waals surface area contributed by atoms with Crippen molar-refractivity contribution in [3.63, 3.8) is 0 Å². The van der Waals surface area contributed by atoms with Gasteiger partial charge in [0.05, 0.1) is 18.3 Å². The average molecular weight is 299 g/mol. The molecule has 0 spiro atoms. The van der Waals surface area contributed by atoms with Gasteiger partial charge in [-0.15, -0.1) is 0 Å². The molecule has 2 rings (SSSR count). The van der Waals surface area contributed by atoms with Crippen LogP contribution in [0.5, 0.6) is 5.75 Å². The Morgan fingerprint density at radius 3 is 2.45 bits per heavy atom. The molecule has 22 heavy (non-hydrogen) atoms. The van der Waals surface area contributed by atoms with Crippen LogP contribution in [-0.2, 0) is 13.1 Å². The molecule has 0 unspecified atom stereocenters. The molecule has 1 aromatic carbocycles. The zero-order valence-electron chi connectivity index (χ0n) is 12.9. The first-order chi connectivity index (χ1) is 10.6. The highest BCUT2D eigenvalue weighted by molar-refractivity contribution is 5.73. The number of nitrogens with zero attached hydrogens (tertiary/aromatic N) is 1. The Hall–Kier alpha value is -2.56. The zero-order valence-corrected chi connectivity index (χ0v) is 12.9. The van der Waals surface area contributed by atoms with Gasteiger partial charge in [0, 0.05) is 12.7 Å². The molecule has 0 aliphatic rings. The highest BCUT2D eigenvalue weighted by Crippen LogP contribution is 2.13. The average Bonchev–Trinajstić information content (AvgIpc) is 2.53. The maximum absolute atomic E-state index is 11.7. The second kappa shape index (κ2) is 8.02. The second-order valence-corrected chi connectivity index (χ2v) is 5.17. The van der Waals surface area contributed by atoms with E-state index < -0.39 is 0 Å². The van der Waals surface area contributed by atoms with Gasteiger partial charge in [-0.1, -0.05) is 18.2 Å². The lowest BCUT2D eigenvalue weighted by Gasteiger charge is -2.11. The standard InChI is InChI=1S/C17H21N3O2/c1-13(2)22-16-8-6-14(7-9-16)11-19-17(21)20-12-15-5-3-4-10-18-15/h3-10,13H,11-12H2,1-2H3,(H2,19,20,21). The minimum atomic E-state index is -0.215. The molecule has 0 radical (unpaired) electrons. The molecular formula is C17H21N3O2. The minimum Gasteiger partial charge on any atom is -0.491 e. The summed E-state index contributed by atoms with van der Waals surface area (Å²) in [7, 11) is 0. The van der Waals surface area contributed by atoms with Crippen molar-refractivity contribution in [1.82, 2.24) is 15.6 Å². The molecule has 5 heteroatoms. The first-order valence-electron chi connectivity index (χ1n) is 7.30. The fourth-order valence-corrected chi connectivity index (χ4v) is 1.88. The number of carbonyl (C=O) groups excluding carboxylic acids is 1. The van der Waals surface area contributed by atoms with Crippen LogP contribution in [-0.4, -0.2) is 17.1 Å². The summed E-state index contributed by atoms with van der Waals surface area (Å²) in [6.07, 6.45) is 1.86. The number of benzene rings is 1. The number of nitrogens with one attached hydrogen (secondary N) is 2. The van der Waals surface area contributed by atoms with E-state index in [0.29, 0.717) is 13.1 Å². The Kier molecular flexibility index (Phi) is 5.77. The fraction of sp³-hybridized carbons (Fsp3) is 0.294. The van der Waals surface area contributed by atoms with Crippen LogP contribution in [0.2, 0.25) is 0 Å². The van der Waals surface area contributed by atoms with E-state index in [4.69, 9.17) is 4.74 Å². The highest BCUT2D eigenvalue weighted by atomic mass is 16.5. The number of hydrogen-bond acceptors (Lipinski definition) is 3. The molecule has 0 bridgehead atoms. The van der Waals surface area contributed by atoms with Crippen LogP contribution in [0.4, 0.5) is 4.79 Å². The molecule has 2 amide bonds. The van der Waals surface area contributed by atoms with Crippen molar-refractivity contribution in [2.75, 3.05) is 0 Å². The van der Waals surface area contributed by atoms with Crippen LogP contribution in [0.15, 0.2) is 48.7 Å². The van der Waals surface area contributed by atoms with Crippen molar-refractivity contribution in [3.8, 4) is 5.75 Å². The number of pyridine rings is 1. The molecule has 0 aliphatic heterocycles. The molecular weight excluding hydrogens is 278 g/mol. The SMILES string of the molecule is CC(C)Oc1ccc(CNC(=O)NCc2ccccn2)cc1. The van der Waals surface area contributed by atoms with Crippen LogP contribution >= 0.6 is 0 Å². The minimum absolute atomic E-state index is 0.154. The van der Waals surface area contributed by atoms with Gasteiger partial charge in [-0.3, -0.25) is 4.98 Å². The van der Waals surface area contributed by atoms with E-state index in [-0.39, 0.29) is 12.1 Å². The summed E-state index contributed by atoms with van der Waals surface area (Å²) in [4.78, 5) is 15.9. The van der Waals surface area contributed by atoms with Crippen molar-refractivity contribution in [3.05, 3.63) is 59.9 Å². The van der Waals surface area contributed by atoms with Crippen LogP contribution in [0.3, 0.4) is 0 Å². The second-order valence-electron chi connectivity index (χ2n) is 5.17.